The van der Waals surface area contributed by atoms with Crippen molar-refractivity contribution in [1.29, 1.82) is 0 Å². The molecule has 0 spiro atoms. The summed E-state index contributed by atoms with van der Waals surface area (Å²) in [6.45, 7) is 2.75. The standard InChI is InChI=1S/C12H16N6O3/c1-2-3-9-15-10(17-16-9)11(19)13-4-5-18-6-8(12(20)21)14-7-18/h6-7H,2-5H2,1H3,(H,13,19)(H,20,21)(H,15,16,17). The molecule has 9 nitrogen and oxygen atoms in total. The molecule has 0 fully saturated rings. The third-order valence-electron chi connectivity index (χ3n) is 2.73. The largest absolute Gasteiger partial charge is 0.476 e. The molecule has 0 bridgehead atoms. The van der Waals surface area contributed by atoms with Crippen LogP contribution in [0.4, 0.5) is 0 Å². The average molecular weight is 292 g/mol. The van der Waals surface area contributed by atoms with Gasteiger partial charge in [-0.25, -0.2) is 14.8 Å². The molecule has 0 aliphatic rings. The van der Waals surface area contributed by atoms with Gasteiger partial charge in [0, 0.05) is 25.7 Å². The Kier molecular flexibility index (Phi) is 4.64. The van der Waals surface area contributed by atoms with E-state index in [1.165, 1.54) is 12.5 Å². The number of nitrogens with zero attached hydrogens (tertiary/aromatic N) is 4. The van der Waals surface area contributed by atoms with E-state index in [0.29, 0.717) is 18.9 Å². The molecule has 9 heteroatoms. The minimum atomic E-state index is -1.08. The number of carboxylic acids is 1. The van der Waals surface area contributed by atoms with Gasteiger partial charge in [0.2, 0.25) is 5.82 Å². The second-order valence-corrected chi connectivity index (χ2v) is 4.41. The Morgan fingerprint density at radius 1 is 1.48 bits per heavy atom. The number of aromatic nitrogens is 5. The summed E-state index contributed by atoms with van der Waals surface area (Å²) in [5.41, 5.74) is -0.0282. The lowest BCUT2D eigenvalue weighted by molar-refractivity contribution is 0.0690. The highest BCUT2D eigenvalue weighted by Crippen LogP contribution is 1.97. The predicted molar refractivity (Wildman–Crippen MR) is 71.9 cm³/mol. The van der Waals surface area contributed by atoms with Crippen LogP contribution in [-0.4, -0.2) is 48.3 Å². The second-order valence-electron chi connectivity index (χ2n) is 4.41. The minimum absolute atomic E-state index is 0.0282. The van der Waals surface area contributed by atoms with Gasteiger partial charge in [0.15, 0.2) is 5.69 Å². The van der Waals surface area contributed by atoms with Crippen molar-refractivity contribution in [2.24, 2.45) is 0 Å². The van der Waals surface area contributed by atoms with Crippen LogP contribution in [0.5, 0.6) is 0 Å². The third kappa shape index (κ3) is 3.88. The van der Waals surface area contributed by atoms with E-state index in [2.05, 4.69) is 25.5 Å². The Morgan fingerprint density at radius 2 is 2.29 bits per heavy atom. The monoisotopic (exact) mass is 292 g/mol. The number of H-pyrrole nitrogens is 1. The summed E-state index contributed by atoms with van der Waals surface area (Å²) in [6, 6.07) is 0. The van der Waals surface area contributed by atoms with E-state index in [4.69, 9.17) is 5.11 Å². The summed E-state index contributed by atoms with van der Waals surface area (Å²) in [6.07, 6.45) is 4.47. The summed E-state index contributed by atoms with van der Waals surface area (Å²) in [5.74, 6) is -0.659. The highest BCUT2D eigenvalue weighted by molar-refractivity contribution is 5.90. The number of imidazole rings is 1. The Hall–Kier alpha value is -2.71. The zero-order chi connectivity index (χ0) is 15.2. The van der Waals surface area contributed by atoms with Crippen molar-refractivity contribution in [3.05, 3.63) is 29.9 Å². The lowest BCUT2D eigenvalue weighted by Gasteiger charge is -2.03. The topological polar surface area (TPSA) is 126 Å². The number of aromatic carboxylic acids is 1. The first-order valence-electron chi connectivity index (χ1n) is 6.54. The van der Waals surface area contributed by atoms with Gasteiger partial charge in [-0.1, -0.05) is 6.92 Å². The molecule has 0 saturated heterocycles. The van der Waals surface area contributed by atoms with Crippen molar-refractivity contribution < 1.29 is 14.7 Å². The SMILES string of the molecule is CCCc1nc(C(=O)NCCn2cnc(C(=O)O)c2)n[nH]1. The van der Waals surface area contributed by atoms with Crippen LogP contribution < -0.4 is 5.32 Å². The van der Waals surface area contributed by atoms with E-state index in [-0.39, 0.29) is 17.4 Å². The predicted octanol–water partition coefficient (Wildman–Crippen LogP) is 0.0819. The maximum Gasteiger partial charge on any atom is 0.356 e. The Labute approximate surface area is 120 Å². The Balaban J connectivity index is 1.81. The van der Waals surface area contributed by atoms with Crippen molar-refractivity contribution >= 4 is 11.9 Å². The van der Waals surface area contributed by atoms with Crippen molar-refractivity contribution in [2.75, 3.05) is 6.54 Å². The van der Waals surface area contributed by atoms with Crippen LogP contribution >= 0.6 is 0 Å². The highest BCUT2D eigenvalue weighted by Gasteiger charge is 2.12. The summed E-state index contributed by atoms with van der Waals surface area (Å²) in [4.78, 5) is 30.3. The molecular formula is C12H16N6O3. The van der Waals surface area contributed by atoms with Crippen LogP contribution in [-0.2, 0) is 13.0 Å². The van der Waals surface area contributed by atoms with Gasteiger partial charge < -0.3 is 15.0 Å². The quantitative estimate of drug-likeness (QED) is 0.663. The number of hydrogen-bond donors (Lipinski definition) is 3. The number of hydrogen-bond acceptors (Lipinski definition) is 5. The van der Waals surface area contributed by atoms with Gasteiger partial charge in [-0.2, -0.15) is 0 Å². The van der Waals surface area contributed by atoms with Crippen LogP contribution in [0.15, 0.2) is 12.5 Å². The summed E-state index contributed by atoms with van der Waals surface area (Å²) in [5, 5.41) is 18.0. The van der Waals surface area contributed by atoms with E-state index < -0.39 is 5.97 Å². The Morgan fingerprint density at radius 3 is 2.95 bits per heavy atom. The zero-order valence-corrected chi connectivity index (χ0v) is 11.5. The van der Waals surface area contributed by atoms with E-state index in [0.717, 1.165) is 12.8 Å². The van der Waals surface area contributed by atoms with Gasteiger partial charge in [-0.05, 0) is 6.42 Å². The number of rotatable bonds is 7. The fraction of sp³-hybridized carbons (Fsp3) is 0.417. The molecule has 2 aromatic heterocycles. The third-order valence-corrected chi connectivity index (χ3v) is 2.73. The van der Waals surface area contributed by atoms with Gasteiger partial charge in [0.05, 0.1) is 6.33 Å². The Bertz CT molecular complexity index is 632. The van der Waals surface area contributed by atoms with Gasteiger partial charge in [0.1, 0.15) is 5.82 Å². The number of aromatic amines is 1. The molecule has 0 saturated carbocycles. The van der Waals surface area contributed by atoms with Gasteiger partial charge in [0.25, 0.3) is 5.91 Å². The van der Waals surface area contributed by atoms with E-state index in [1.54, 1.807) is 4.57 Å². The number of carboxylic acid groups (broad SMARTS) is 1. The maximum atomic E-state index is 11.8. The maximum absolute atomic E-state index is 11.8. The number of carbonyl (C=O) groups excluding carboxylic acids is 1. The lowest BCUT2D eigenvalue weighted by Crippen LogP contribution is -2.28. The molecular weight excluding hydrogens is 276 g/mol. The molecule has 0 aromatic carbocycles. The molecule has 3 N–H and O–H groups in total. The molecule has 0 atom stereocenters. The van der Waals surface area contributed by atoms with E-state index in [1.807, 2.05) is 6.92 Å². The molecule has 0 aliphatic heterocycles. The molecule has 2 heterocycles. The van der Waals surface area contributed by atoms with Crippen molar-refractivity contribution in [1.82, 2.24) is 30.0 Å². The summed E-state index contributed by atoms with van der Waals surface area (Å²) < 4.78 is 1.59. The van der Waals surface area contributed by atoms with Crippen molar-refractivity contribution in [2.45, 2.75) is 26.3 Å². The molecule has 21 heavy (non-hydrogen) atoms. The molecule has 1 amide bonds. The van der Waals surface area contributed by atoms with Crippen molar-refractivity contribution in [3.63, 3.8) is 0 Å². The van der Waals surface area contributed by atoms with Crippen LogP contribution in [0.2, 0.25) is 0 Å². The molecule has 0 unspecified atom stereocenters. The first kappa shape index (κ1) is 14.7. The zero-order valence-electron chi connectivity index (χ0n) is 11.5. The number of nitrogens with one attached hydrogen (secondary N) is 2. The molecule has 0 aliphatic carbocycles. The molecule has 2 aromatic rings. The van der Waals surface area contributed by atoms with Crippen LogP contribution in [0, 0.1) is 0 Å². The number of amides is 1. The van der Waals surface area contributed by atoms with Crippen molar-refractivity contribution in [3.8, 4) is 0 Å². The van der Waals surface area contributed by atoms with Crippen LogP contribution in [0.1, 0.15) is 40.3 Å². The first-order valence-corrected chi connectivity index (χ1v) is 6.54. The number of carbonyl (C=O) groups is 2. The summed E-state index contributed by atoms with van der Waals surface area (Å²) >= 11 is 0. The molecule has 0 radical (unpaired) electrons. The fourth-order valence-corrected chi connectivity index (χ4v) is 1.72. The van der Waals surface area contributed by atoms with Gasteiger partial charge >= 0.3 is 5.97 Å². The van der Waals surface area contributed by atoms with Gasteiger partial charge in [-0.3, -0.25) is 9.89 Å². The lowest BCUT2D eigenvalue weighted by atomic mass is 10.3. The van der Waals surface area contributed by atoms with Gasteiger partial charge in [-0.15, -0.1) is 5.10 Å². The van der Waals surface area contributed by atoms with Crippen LogP contribution in [0.3, 0.4) is 0 Å². The minimum Gasteiger partial charge on any atom is -0.476 e. The molecule has 2 rings (SSSR count). The second kappa shape index (κ2) is 6.64. The van der Waals surface area contributed by atoms with Crippen LogP contribution in [0.25, 0.3) is 0 Å². The molecule has 112 valence electrons. The summed E-state index contributed by atoms with van der Waals surface area (Å²) in [7, 11) is 0. The smallest absolute Gasteiger partial charge is 0.356 e. The first-order chi connectivity index (χ1) is 10.1. The fourth-order valence-electron chi connectivity index (χ4n) is 1.72. The number of aryl methyl sites for hydroxylation is 1. The normalized spacial score (nSPS) is 10.5. The van der Waals surface area contributed by atoms with E-state index >= 15 is 0 Å². The average Bonchev–Trinajstić information content (AvgIpc) is 3.08. The highest BCUT2D eigenvalue weighted by atomic mass is 16.4. The van der Waals surface area contributed by atoms with E-state index in [9.17, 15) is 9.59 Å².